The maximum atomic E-state index is 13.2. The number of halogens is 2. The first-order valence-electron chi connectivity index (χ1n) is 8.24. The zero-order chi connectivity index (χ0) is 19.1. The fourth-order valence-corrected chi connectivity index (χ4v) is 2.81. The number of hydrogen-bond donors (Lipinski definition) is 1. The van der Waals surface area contributed by atoms with Crippen LogP contribution in [-0.2, 0) is 14.3 Å². The van der Waals surface area contributed by atoms with Gasteiger partial charge in [0.25, 0.3) is 5.91 Å². The Morgan fingerprint density at radius 1 is 1.46 bits per heavy atom. The molecule has 1 saturated heterocycles. The number of likely N-dealkylation sites (tertiary alicyclic amines) is 1. The Bertz CT molecular complexity index is 753. The molecule has 1 amide bonds. The molecule has 0 unspecified atom stereocenters. The van der Waals surface area contributed by atoms with Gasteiger partial charge in [-0.05, 0) is 38.0 Å². The second kappa shape index (κ2) is 9.20. The third kappa shape index (κ3) is 4.96. The number of esters is 1. The van der Waals surface area contributed by atoms with E-state index in [4.69, 9.17) is 16.3 Å². The van der Waals surface area contributed by atoms with Crippen molar-refractivity contribution in [3.8, 4) is 6.07 Å². The molecular weight excluding hydrogens is 361 g/mol. The lowest BCUT2D eigenvalue weighted by molar-refractivity contribution is -0.150. The minimum atomic E-state index is -0.553. The third-order valence-corrected chi connectivity index (χ3v) is 4.35. The van der Waals surface area contributed by atoms with Gasteiger partial charge in [-0.2, -0.15) is 5.26 Å². The van der Waals surface area contributed by atoms with Crippen LogP contribution in [0.4, 0.5) is 10.1 Å². The molecule has 138 valence electrons. The van der Waals surface area contributed by atoms with E-state index in [2.05, 4.69) is 5.32 Å². The van der Waals surface area contributed by atoms with Crippen molar-refractivity contribution >= 4 is 29.2 Å². The fraction of sp³-hybridized carbons (Fsp3) is 0.389. The third-order valence-electron chi connectivity index (χ3n) is 4.06. The summed E-state index contributed by atoms with van der Waals surface area (Å²) in [4.78, 5) is 25.7. The van der Waals surface area contributed by atoms with Gasteiger partial charge < -0.3 is 15.0 Å². The summed E-state index contributed by atoms with van der Waals surface area (Å²) in [5.74, 6) is -1.43. The van der Waals surface area contributed by atoms with E-state index in [1.807, 2.05) is 6.07 Å². The second-order valence-corrected chi connectivity index (χ2v) is 6.17. The van der Waals surface area contributed by atoms with E-state index in [0.717, 1.165) is 0 Å². The number of hydrogen-bond acceptors (Lipinski definition) is 5. The van der Waals surface area contributed by atoms with Crippen LogP contribution in [0.3, 0.4) is 0 Å². The average molecular weight is 380 g/mol. The van der Waals surface area contributed by atoms with Gasteiger partial charge in [-0.3, -0.25) is 9.59 Å². The standard InChI is InChI=1S/C18H19ClFN3O3/c1-2-26-18(25)12-5-7-23(8-6-12)17(24)13(10-21)11-22-14-3-4-16(20)15(19)9-14/h3-4,9,11-12,22H,2,5-8H2,1H3/b13-11-. The van der Waals surface area contributed by atoms with Crippen LogP contribution in [-0.4, -0.2) is 36.5 Å². The summed E-state index contributed by atoms with van der Waals surface area (Å²) in [5, 5.41) is 12.0. The maximum Gasteiger partial charge on any atom is 0.309 e. The maximum absolute atomic E-state index is 13.2. The molecule has 8 heteroatoms. The Balaban J connectivity index is 1.97. The molecule has 0 radical (unpaired) electrons. The van der Waals surface area contributed by atoms with Crippen LogP contribution >= 0.6 is 11.6 Å². The number of nitrogens with zero attached hydrogens (tertiary/aromatic N) is 2. The van der Waals surface area contributed by atoms with Gasteiger partial charge in [0, 0.05) is 25.0 Å². The largest absolute Gasteiger partial charge is 0.466 e. The molecule has 0 aliphatic carbocycles. The van der Waals surface area contributed by atoms with E-state index in [9.17, 15) is 19.2 Å². The second-order valence-electron chi connectivity index (χ2n) is 5.76. The summed E-state index contributed by atoms with van der Waals surface area (Å²) >= 11 is 5.70. The van der Waals surface area contributed by atoms with Gasteiger partial charge in [0.1, 0.15) is 17.5 Å². The Hall–Kier alpha value is -2.59. The molecule has 1 aliphatic heterocycles. The number of ether oxygens (including phenoxy) is 1. The predicted molar refractivity (Wildman–Crippen MR) is 94.7 cm³/mol. The van der Waals surface area contributed by atoms with Crippen LogP contribution in [0.25, 0.3) is 0 Å². The van der Waals surface area contributed by atoms with Gasteiger partial charge in [0.2, 0.25) is 0 Å². The first kappa shape index (κ1) is 19.7. The van der Waals surface area contributed by atoms with Crippen molar-refractivity contribution in [3.05, 3.63) is 40.8 Å². The van der Waals surface area contributed by atoms with Gasteiger partial charge in [0.05, 0.1) is 17.5 Å². The molecule has 1 fully saturated rings. The number of nitrogens with one attached hydrogen (secondary N) is 1. The number of benzene rings is 1. The minimum absolute atomic E-state index is 0.0609. The molecule has 0 spiro atoms. The Morgan fingerprint density at radius 3 is 2.73 bits per heavy atom. The highest BCUT2D eigenvalue weighted by molar-refractivity contribution is 6.31. The summed E-state index contributed by atoms with van der Waals surface area (Å²) in [5.41, 5.74) is 0.373. The molecule has 0 saturated carbocycles. The molecule has 1 N–H and O–H groups in total. The number of piperidine rings is 1. The average Bonchev–Trinajstić information content (AvgIpc) is 2.65. The molecule has 26 heavy (non-hydrogen) atoms. The van der Waals surface area contributed by atoms with E-state index >= 15 is 0 Å². The number of carbonyl (C=O) groups is 2. The monoisotopic (exact) mass is 379 g/mol. The normalized spacial score (nSPS) is 15.3. The van der Waals surface area contributed by atoms with Gasteiger partial charge in [-0.1, -0.05) is 11.6 Å². The van der Waals surface area contributed by atoms with Gasteiger partial charge in [0.15, 0.2) is 0 Å². The summed E-state index contributed by atoms with van der Waals surface area (Å²) in [6, 6.07) is 5.85. The van der Waals surface area contributed by atoms with E-state index < -0.39 is 11.7 Å². The topological polar surface area (TPSA) is 82.4 Å². The van der Waals surface area contributed by atoms with Crippen LogP contribution in [0, 0.1) is 23.1 Å². The van der Waals surface area contributed by atoms with Crippen LogP contribution in [0.5, 0.6) is 0 Å². The lowest BCUT2D eigenvalue weighted by atomic mass is 9.96. The van der Waals surface area contributed by atoms with Crippen molar-refractivity contribution in [3.63, 3.8) is 0 Å². The highest BCUT2D eigenvalue weighted by Gasteiger charge is 2.29. The van der Waals surface area contributed by atoms with Crippen molar-refractivity contribution in [2.45, 2.75) is 19.8 Å². The predicted octanol–water partition coefficient (Wildman–Crippen LogP) is 3.10. The van der Waals surface area contributed by atoms with Crippen molar-refractivity contribution in [2.24, 2.45) is 5.92 Å². The highest BCUT2D eigenvalue weighted by Crippen LogP contribution is 2.21. The lowest BCUT2D eigenvalue weighted by Gasteiger charge is -2.30. The lowest BCUT2D eigenvalue weighted by Crippen LogP contribution is -2.41. The van der Waals surface area contributed by atoms with Gasteiger partial charge in [-0.25, -0.2) is 4.39 Å². The number of carbonyl (C=O) groups excluding carboxylic acids is 2. The minimum Gasteiger partial charge on any atom is -0.466 e. The quantitative estimate of drug-likeness (QED) is 0.483. The molecule has 6 nitrogen and oxygen atoms in total. The van der Waals surface area contributed by atoms with Crippen molar-refractivity contribution in [1.82, 2.24) is 4.90 Å². The van der Waals surface area contributed by atoms with Crippen LogP contribution in [0.1, 0.15) is 19.8 Å². The molecule has 1 aliphatic rings. The molecule has 0 bridgehead atoms. The van der Waals surface area contributed by atoms with E-state index in [0.29, 0.717) is 38.2 Å². The van der Waals surface area contributed by atoms with Crippen LogP contribution < -0.4 is 5.32 Å². The zero-order valence-electron chi connectivity index (χ0n) is 14.3. The van der Waals surface area contributed by atoms with E-state index in [1.165, 1.54) is 29.3 Å². The number of anilines is 1. The van der Waals surface area contributed by atoms with Crippen molar-refractivity contribution in [2.75, 3.05) is 25.0 Å². The number of nitriles is 1. The Kier molecular flexibility index (Phi) is 6.98. The SMILES string of the molecule is CCOC(=O)C1CCN(C(=O)/C(C#N)=C\Nc2ccc(F)c(Cl)c2)CC1. The number of amides is 1. The van der Waals surface area contributed by atoms with Gasteiger partial charge >= 0.3 is 5.97 Å². The summed E-state index contributed by atoms with van der Waals surface area (Å²) in [6.07, 6.45) is 2.28. The number of rotatable bonds is 5. The fourth-order valence-electron chi connectivity index (χ4n) is 2.63. The van der Waals surface area contributed by atoms with Gasteiger partial charge in [-0.15, -0.1) is 0 Å². The zero-order valence-corrected chi connectivity index (χ0v) is 15.1. The molecule has 0 atom stereocenters. The van der Waals surface area contributed by atoms with E-state index in [-0.39, 0.29) is 22.5 Å². The summed E-state index contributed by atoms with van der Waals surface area (Å²) < 4.78 is 18.1. The summed E-state index contributed by atoms with van der Waals surface area (Å²) in [6.45, 7) is 2.84. The molecule has 2 rings (SSSR count). The Morgan fingerprint density at radius 2 is 2.15 bits per heavy atom. The molecular formula is C18H19ClFN3O3. The van der Waals surface area contributed by atoms with Crippen molar-refractivity contribution < 1.29 is 18.7 Å². The highest BCUT2D eigenvalue weighted by atomic mass is 35.5. The van der Waals surface area contributed by atoms with Crippen LogP contribution in [0.2, 0.25) is 5.02 Å². The molecule has 0 aromatic heterocycles. The first-order valence-corrected chi connectivity index (χ1v) is 8.61. The van der Waals surface area contributed by atoms with Crippen molar-refractivity contribution in [1.29, 1.82) is 5.26 Å². The molecule has 1 aromatic carbocycles. The smallest absolute Gasteiger partial charge is 0.309 e. The first-order chi connectivity index (χ1) is 12.5. The van der Waals surface area contributed by atoms with Crippen LogP contribution in [0.15, 0.2) is 30.0 Å². The molecule has 1 aromatic rings. The van der Waals surface area contributed by atoms with E-state index in [1.54, 1.807) is 6.92 Å². The Labute approximate surface area is 156 Å². The molecule has 1 heterocycles. The summed E-state index contributed by atoms with van der Waals surface area (Å²) in [7, 11) is 0.